The average Bonchev–Trinajstić information content (AvgIpc) is 3.02. The number of furan rings is 1. The Balaban J connectivity index is 2.04. The summed E-state index contributed by atoms with van der Waals surface area (Å²) >= 11 is 0. The molecule has 1 saturated heterocycles. The Bertz CT molecular complexity index is 455. The summed E-state index contributed by atoms with van der Waals surface area (Å²) in [6, 6.07) is 3.66. The second-order valence-corrected chi connectivity index (χ2v) is 5.27. The molecule has 1 fully saturated rings. The van der Waals surface area contributed by atoms with Crippen molar-refractivity contribution in [3.63, 3.8) is 0 Å². The van der Waals surface area contributed by atoms with Gasteiger partial charge in [0.1, 0.15) is 5.76 Å². The maximum Gasteiger partial charge on any atom is 0.289 e. The highest BCUT2D eigenvalue weighted by Gasteiger charge is 2.23. The van der Waals surface area contributed by atoms with E-state index in [9.17, 15) is 4.79 Å². The lowest BCUT2D eigenvalue weighted by molar-refractivity contribution is 0.0696. The molecule has 2 N–H and O–H groups in total. The molecule has 2 heterocycles. The normalized spacial score (nSPS) is 17.2. The standard InChI is InChI=1S/C15H25N3O3/c1-3-17(10-11-19)12(2)13-4-5-14(21-13)15(20)18-8-6-16-7-9-18/h4-5,12,16,19H,3,6-11H2,1-2H3. The van der Waals surface area contributed by atoms with Gasteiger partial charge in [0.2, 0.25) is 0 Å². The van der Waals surface area contributed by atoms with E-state index in [0.29, 0.717) is 12.3 Å². The molecule has 1 aromatic rings. The van der Waals surface area contributed by atoms with Crippen LogP contribution in [0.2, 0.25) is 0 Å². The van der Waals surface area contributed by atoms with Gasteiger partial charge in [-0.05, 0) is 25.6 Å². The van der Waals surface area contributed by atoms with Crippen LogP contribution in [-0.2, 0) is 0 Å². The minimum absolute atomic E-state index is 0.0415. The largest absolute Gasteiger partial charge is 0.454 e. The third kappa shape index (κ3) is 3.84. The summed E-state index contributed by atoms with van der Waals surface area (Å²) in [5.74, 6) is 1.13. The molecular weight excluding hydrogens is 270 g/mol. The number of amides is 1. The molecule has 0 aliphatic carbocycles. The van der Waals surface area contributed by atoms with Crippen molar-refractivity contribution in [1.82, 2.24) is 15.1 Å². The minimum Gasteiger partial charge on any atom is -0.454 e. The van der Waals surface area contributed by atoms with E-state index in [4.69, 9.17) is 9.52 Å². The first-order chi connectivity index (χ1) is 10.2. The molecule has 118 valence electrons. The van der Waals surface area contributed by atoms with Crippen molar-refractivity contribution in [1.29, 1.82) is 0 Å². The van der Waals surface area contributed by atoms with Crippen LogP contribution in [0.5, 0.6) is 0 Å². The molecule has 1 aromatic heterocycles. The van der Waals surface area contributed by atoms with Crippen molar-refractivity contribution in [2.75, 3.05) is 45.9 Å². The number of aliphatic hydroxyl groups is 1. The second kappa shape index (κ2) is 7.59. The number of likely N-dealkylation sites (N-methyl/N-ethyl adjacent to an activating group) is 1. The summed E-state index contributed by atoms with van der Waals surface area (Å²) in [6.07, 6.45) is 0. The molecule has 1 amide bonds. The first-order valence-electron chi connectivity index (χ1n) is 7.62. The van der Waals surface area contributed by atoms with Gasteiger partial charge in [-0.3, -0.25) is 9.69 Å². The van der Waals surface area contributed by atoms with Gasteiger partial charge < -0.3 is 19.7 Å². The fourth-order valence-electron chi connectivity index (χ4n) is 2.65. The molecular formula is C15H25N3O3. The zero-order valence-electron chi connectivity index (χ0n) is 12.8. The van der Waals surface area contributed by atoms with Gasteiger partial charge in [-0.2, -0.15) is 0 Å². The number of nitrogens with one attached hydrogen (secondary N) is 1. The van der Waals surface area contributed by atoms with Crippen molar-refractivity contribution in [2.24, 2.45) is 0 Å². The highest BCUT2D eigenvalue weighted by molar-refractivity contribution is 5.91. The van der Waals surface area contributed by atoms with Gasteiger partial charge in [0, 0.05) is 32.7 Å². The average molecular weight is 295 g/mol. The topological polar surface area (TPSA) is 69.0 Å². The van der Waals surface area contributed by atoms with Crippen LogP contribution in [0.3, 0.4) is 0 Å². The Morgan fingerprint density at radius 3 is 2.81 bits per heavy atom. The van der Waals surface area contributed by atoms with Gasteiger partial charge >= 0.3 is 0 Å². The van der Waals surface area contributed by atoms with E-state index in [1.165, 1.54) is 0 Å². The Hall–Kier alpha value is -1.37. The number of hydrogen-bond donors (Lipinski definition) is 2. The molecule has 0 radical (unpaired) electrons. The highest BCUT2D eigenvalue weighted by atomic mass is 16.4. The van der Waals surface area contributed by atoms with E-state index in [1.54, 1.807) is 6.07 Å². The quantitative estimate of drug-likeness (QED) is 0.808. The van der Waals surface area contributed by atoms with Crippen molar-refractivity contribution < 1.29 is 14.3 Å². The van der Waals surface area contributed by atoms with Crippen LogP contribution in [0.15, 0.2) is 16.5 Å². The van der Waals surface area contributed by atoms with E-state index in [-0.39, 0.29) is 18.6 Å². The lowest BCUT2D eigenvalue weighted by Gasteiger charge is -2.27. The van der Waals surface area contributed by atoms with Crippen molar-refractivity contribution in [3.8, 4) is 0 Å². The third-order valence-corrected chi connectivity index (χ3v) is 3.99. The van der Waals surface area contributed by atoms with E-state index >= 15 is 0 Å². The summed E-state index contributed by atoms with van der Waals surface area (Å²) in [4.78, 5) is 16.3. The molecule has 1 unspecified atom stereocenters. The SMILES string of the molecule is CCN(CCO)C(C)c1ccc(C(=O)N2CCNCC2)o1. The van der Waals surface area contributed by atoms with Crippen LogP contribution in [0.4, 0.5) is 0 Å². The molecule has 0 aromatic carbocycles. The van der Waals surface area contributed by atoms with Crippen molar-refractivity contribution in [3.05, 3.63) is 23.7 Å². The van der Waals surface area contributed by atoms with Gasteiger partial charge in [-0.1, -0.05) is 6.92 Å². The van der Waals surface area contributed by atoms with Gasteiger partial charge in [-0.15, -0.1) is 0 Å². The molecule has 1 aliphatic rings. The van der Waals surface area contributed by atoms with Crippen LogP contribution in [0.1, 0.15) is 36.2 Å². The molecule has 6 heteroatoms. The number of nitrogens with zero attached hydrogens (tertiary/aromatic N) is 2. The van der Waals surface area contributed by atoms with Crippen LogP contribution in [0, 0.1) is 0 Å². The predicted octanol–water partition coefficient (Wildman–Crippen LogP) is 0.700. The lowest BCUT2D eigenvalue weighted by Crippen LogP contribution is -2.46. The first kappa shape index (κ1) is 16.0. The summed E-state index contributed by atoms with van der Waals surface area (Å²) in [7, 11) is 0. The van der Waals surface area contributed by atoms with Crippen LogP contribution < -0.4 is 5.32 Å². The predicted molar refractivity (Wildman–Crippen MR) is 80.2 cm³/mol. The van der Waals surface area contributed by atoms with Gasteiger partial charge in [0.25, 0.3) is 5.91 Å². The molecule has 1 aliphatic heterocycles. The first-order valence-corrected chi connectivity index (χ1v) is 7.62. The van der Waals surface area contributed by atoms with E-state index < -0.39 is 0 Å². The van der Waals surface area contributed by atoms with Crippen LogP contribution >= 0.6 is 0 Å². The van der Waals surface area contributed by atoms with E-state index in [1.807, 2.05) is 24.8 Å². The van der Waals surface area contributed by atoms with E-state index in [0.717, 1.165) is 38.5 Å². The maximum absolute atomic E-state index is 12.4. The molecule has 0 saturated carbocycles. The second-order valence-electron chi connectivity index (χ2n) is 5.27. The number of hydrogen-bond acceptors (Lipinski definition) is 5. The van der Waals surface area contributed by atoms with Crippen molar-refractivity contribution >= 4 is 5.91 Å². The molecule has 0 spiro atoms. The summed E-state index contributed by atoms with van der Waals surface area (Å²) < 4.78 is 5.75. The Labute approximate surface area is 125 Å². The van der Waals surface area contributed by atoms with Crippen LogP contribution in [0.25, 0.3) is 0 Å². The Morgan fingerprint density at radius 2 is 2.19 bits per heavy atom. The number of carbonyl (C=O) groups excluding carboxylic acids is 1. The smallest absolute Gasteiger partial charge is 0.289 e. The number of carbonyl (C=O) groups is 1. The van der Waals surface area contributed by atoms with Gasteiger partial charge in [0.15, 0.2) is 5.76 Å². The summed E-state index contributed by atoms with van der Waals surface area (Å²) in [6.45, 7) is 8.70. The zero-order valence-corrected chi connectivity index (χ0v) is 12.8. The molecule has 21 heavy (non-hydrogen) atoms. The van der Waals surface area contributed by atoms with Crippen LogP contribution in [-0.4, -0.2) is 66.7 Å². The summed E-state index contributed by atoms with van der Waals surface area (Å²) in [5.41, 5.74) is 0. The molecule has 0 bridgehead atoms. The van der Waals surface area contributed by atoms with Gasteiger partial charge in [-0.25, -0.2) is 0 Å². The molecule has 1 atom stereocenters. The monoisotopic (exact) mass is 295 g/mol. The Kier molecular flexibility index (Phi) is 5.78. The third-order valence-electron chi connectivity index (χ3n) is 3.99. The number of piperazine rings is 1. The Morgan fingerprint density at radius 1 is 1.48 bits per heavy atom. The fourth-order valence-corrected chi connectivity index (χ4v) is 2.65. The zero-order chi connectivity index (χ0) is 15.2. The number of rotatable bonds is 6. The van der Waals surface area contributed by atoms with E-state index in [2.05, 4.69) is 10.2 Å². The maximum atomic E-state index is 12.4. The van der Waals surface area contributed by atoms with Gasteiger partial charge in [0.05, 0.1) is 12.6 Å². The number of aliphatic hydroxyl groups excluding tert-OH is 1. The van der Waals surface area contributed by atoms with Crippen molar-refractivity contribution in [2.45, 2.75) is 19.9 Å². The minimum atomic E-state index is -0.0415. The fraction of sp³-hybridized carbons (Fsp3) is 0.667. The molecule has 6 nitrogen and oxygen atoms in total. The lowest BCUT2D eigenvalue weighted by atomic mass is 10.2. The highest BCUT2D eigenvalue weighted by Crippen LogP contribution is 2.22. The molecule has 2 rings (SSSR count). The summed E-state index contributed by atoms with van der Waals surface area (Å²) in [5, 5.41) is 12.3.